The molecule has 2 N–H and O–H groups in total. The van der Waals surface area contributed by atoms with Gasteiger partial charge in [-0.15, -0.1) is 0 Å². The number of rotatable bonds is 3. The highest BCUT2D eigenvalue weighted by Gasteiger charge is 2.23. The maximum absolute atomic E-state index is 11.1. The highest BCUT2D eigenvalue weighted by Crippen LogP contribution is 2.48. The topological polar surface area (TPSA) is 46.3 Å². The zero-order chi connectivity index (χ0) is 14.1. The third-order valence-corrected chi connectivity index (χ3v) is 4.53. The van der Waals surface area contributed by atoms with E-state index in [0.29, 0.717) is 18.0 Å². The molecule has 20 heavy (non-hydrogen) atoms. The minimum atomic E-state index is -0.302. The van der Waals surface area contributed by atoms with Crippen molar-refractivity contribution in [3.63, 3.8) is 0 Å². The van der Waals surface area contributed by atoms with E-state index in [9.17, 15) is 4.79 Å². The second kappa shape index (κ2) is 5.38. The van der Waals surface area contributed by atoms with Gasteiger partial charge in [-0.3, -0.25) is 4.79 Å². The van der Waals surface area contributed by atoms with Crippen molar-refractivity contribution >= 4 is 40.6 Å². The Bertz CT molecular complexity index is 675. The second-order valence-electron chi connectivity index (χ2n) is 4.55. The lowest BCUT2D eigenvalue weighted by Gasteiger charge is -2.32. The summed E-state index contributed by atoms with van der Waals surface area (Å²) in [5.41, 5.74) is 7.40. The smallest absolute Gasteiger partial charge is 0.219 e. The second-order valence-corrected chi connectivity index (χ2v) is 6.07. The van der Waals surface area contributed by atoms with Crippen LogP contribution in [-0.4, -0.2) is 12.5 Å². The van der Waals surface area contributed by atoms with Crippen LogP contribution in [0.3, 0.4) is 0 Å². The molecular weight excluding hydrogens is 292 g/mol. The lowest BCUT2D eigenvalue weighted by molar-refractivity contribution is -0.117. The van der Waals surface area contributed by atoms with Crippen molar-refractivity contribution in [2.75, 3.05) is 11.4 Å². The fourth-order valence-electron chi connectivity index (χ4n) is 2.27. The zero-order valence-corrected chi connectivity index (χ0v) is 12.2. The van der Waals surface area contributed by atoms with E-state index in [1.165, 1.54) is 4.90 Å². The Morgan fingerprint density at radius 3 is 2.70 bits per heavy atom. The first kappa shape index (κ1) is 13.3. The Morgan fingerprint density at radius 2 is 1.90 bits per heavy atom. The van der Waals surface area contributed by atoms with Gasteiger partial charge in [-0.25, -0.2) is 0 Å². The van der Waals surface area contributed by atoms with Crippen molar-refractivity contribution in [3.05, 3.63) is 47.5 Å². The quantitative estimate of drug-likeness (QED) is 0.937. The first-order valence-corrected chi connectivity index (χ1v) is 7.47. The molecule has 5 heteroatoms. The van der Waals surface area contributed by atoms with E-state index >= 15 is 0 Å². The molecule has 1 aliphatic rings. The first-order chi connectivity index (χ1) is 9.65. The summed E-state index contributed by atoms with van der Waals surface area (Å²) in [6, 6.07) is 14.0. The number of nitrogens with two attached hydrogens (primary N) is 1. The number of amides is 1. The van der Waals surface area contributed by atoms with E-state index in [0.717, 1.165) is 16.3 Å². The van der Waals surface area contributed by atoms with E-state index in [4.69, 9.17) is 17.3 Å². The Balaban J connectivity index is 2.06. The van der Waals surface area contributed by atoms with Crippen molar-refractivity contribution in [1.29, 1.82) is 0 Å². The van der Waals surface area contributed by atoms with Gasteiger partial charge >= 0.3 is 0 Å². The standard InChI is InChI=1S/C15H13ClN2OS/c16-10-5-6-14-12(9-10)18(8-7-15(17)19)11-3-1-2-4-13(11)20-14/h1-6,9H,7-8H2,(H2,17,19). The molecule has 0 unspecified atom stereocenters. The highest BCUT2D eigenvalue weighted by atomic mass is 35.5. The summed E-state index contributed by atoms with van der Waals surface area (Å²) in [4.78, 5) is 15.5. The maximum Gasteiger partial charge on any atom is 0.219 e. The van der Waals surface area contributed by atoms with Crippen LogP contribution in [0.4, 0.5) is 11.4 Å². The average Bonchev–Trinajstić information content (AvgIpc) is 2.43. The summed E-state index contributed by atoms with van der Waals surface area (Å²) < 4.78 is 0. The van der Waals surface area contributed by atoms with Gasteiger partial charge in [0.25, 0.3) is 0 Å². The third-order valence-electron chi connectivity index (χ3n) is 3.17. The van der Waals surface area contributed by atoms with E-state index < -0.39 is 0 Å². The van der Waals surface area contributed by atoms with Crippen molar-refractivity contribution in [3.8, 4) is 0 Å². The third kappa shape index (κ3) is 2.49. The summed E-state index contributed by atoms with van der Waals surface area (Å²) in [5.74, 6) is -0.302. The number of nitrogens with zero attached hydrogens (tertiary/aromatic N) is 1. The molecule has 0 spiro atoms. The van der Waals surface area contributed by atoms with Crippen molar-refractivity contribution in [1.82, 2.24) is 0 Å². The van der Waals surface area contributed by atoms with Crippen LogP contribution >= 0.6 is 23.4 Å². The lowest BCUT2D eigenvalue weighted by Crippen LogP contribution is -2.26. The van der Waals surface area contributed by atoms with Gasteiger partial charge in [0.2, 0.25) is 5.91 Å². The number of carbonyl (C=O) groups is 1. The molecule has 0 radical (unpaired) electrons. The Morgan fingerprint density at radius 1 is 1.15 bits per heavy atom. The molecule has 3 nitrogen and oxygen atoms in total. The summed E-state index contributed by atoms with van der Waals surface area (Å²) in [5, 5.41) is 0.688. The molecule has 1 amide bonds. The predicted octanol–water partition coefficient (Wildman–Crippen LogP) is 3.82. The van der Waals surface area contributed by atoms with E-state index in [2.05, 4.69) is 11.0 Å². The van der Waals surface area contributed by atoms with Gasteiger partial charge in [0.15, 0.2) is 0 Å². The lowest BCUT2D eigenvalue weighted by atomic mass is 10.2. The zero-order valence-electron chi connectivity index (χ0n) is 10.7. The van der Waals surface area contributed by atoms with Crippen LogP contribution in [0.25, 0.3) is 0 Å². The molecular formula is C15H13ClN2OS. The van der Waals surface area contributed by atoms with Crippen molar-refractivity contribution in [2.24, 2.45) is 5.73 Å². The number of anilines is 2. The maximum atomic E-state index is 11.1. The Kier molecular flexibility index (Phi) is 3.59. The molecule has 0 saturated carbocycles. The number of primary amides is 1. The van der Waals surface area contributed by atoms with Crippen LogP contribution in [0.1, 0.15) is 6.42 Å². The number of benzene rings is 2. The van der Waals surface area contributed by atoms with Gasteiger partial charge in [-0.05, 0) is 30.3 Å². The minimum absolute atomic E-state index is 0.302. The van der Waals surface area contributed by atoms with E-state index in [-0.39, 0.29) is 5.91 Å². The SMILES string of the molecule is NC(=O)CCN1c2ccccc2Sc2ccc(Cl)cc21. The van der Waals surface area contributed by atoms with Crippen LogP contribution in [0.2, 0.25) is 5.02 Å². The molecule has 0 saturated heterocycles. The van der Waals surface area contributed by atoms with Gasteiger partial charge in [-0.2, -0.15) is 0 Å². The molecule has 1 heterocycles. The van der Waals surface area contributed by atoms with Gasteiger partial charge in [0.05, 0.1) is 11.4 Å². The molecule has 2 aromatic rings. The molecule has 3 rings (SSSR count). The first-order valence-electron chi connectivity index (χ1n) is 6.27. The van der Waals surface area contributed by atoms with Crippen LogP contribution in [0, 0.1) is 0 Å². The molecule has 0 aliphatic carbocycles. The van der Waals surface area contributed by atoms with Gasteiger partial charge in [0, 0.05) is 27.8 Å². The van der Waals surface area contributed by atoms with E-state index in [1.54, 1.807) is 11.8 Å². The summed E-state index contributed by atoms with van der Waals surface area (Å²) >= 11 is 7.82. The minimum Gasteiger partial charge on any atom is -0.370 e. The molecule has 0 aromatic heterocycles. The van der Waals surface area contributed by atoms with Crippen LogP contribution < -0.4 is 10.6 Å². The van der Waals surface area contributed by atoms with Crippen LogP contribution in [0.5, 0.6) is 0 Å². The summed E-state index contributed by atoms with van der Waals surface area (Å²) in [6.07, 6.45) is 0.310. The molecule has 0 fully saturated rings. The van der Waals surface area contributed by atoms with Crippen molar-refractivity contribution in [2.45, 2.75) is 16.2 Å². The van der Waals surface area contributed by atoms with E-state index in [1.807, 2.05) is 36.4 Å². The number of hydrogen-bond acceptors (Lipinski definition) is 3. The van der Waals surface area contributed by atoms with Crippen molar-refractivity contribution < 1.29 is 4.79 Å². The van der Waals surface area contributed by atoms with Gasteiger partial charge in [-0.1, -0.05) is 35.5 Å². The molecule has 1 aliphatic heterocycles. The fraction of sp³-hybridized carbons (Fsp3) is 0.133. The van der Waals surface area contributed by atoms with Gasteiger partial charge in [0.1, 0.15) is 0 Å². The summed E-state index contributed by atoms with van der Waals surface area (Å²) in [6.45, 7) is 0.556. The number of halogens is 1. The Hall–Kier alpha value is -1.65. The number of para-hydroxylation sites is 1. The Labute approximate surface area is 126 Å². The number of fused-ring (bicyclic) bond motifs is 2. The highest BCUT2D eigenvalue weighted by molar-refractivity contribution is 7.99. The monoisotopic (exact) mass is 304 g/mol. The number of carbonyl (C=O) groups excluding carboxylic acids is 1. The van der Waals surface area contributed by atoms with Crippen LogP contribution in [0.15, 0.2) is 52.3 Å². The fourth-order valence-corrected chi connectivity index (χ4v) is 3.51. The van der Waals surface area contributed by atoms with Gasteiger partial charge < -0.3 is 10.6 Å². The molecule has 0 atom stereocenters. The normalized spacial score (nSPS) is 12.8. The molecule has 2 aromatic carbocycles. The number of hydrogen-bond donors (Lipinski definition) is 1. The predicted molar refractivity (Wildman–Crippen MR) is 82.8 cm³/mol. The average molecular weight is 305 g/mol. The molecule has 0 bridgehead atoms. The largest absolute Gasteiger partial charge is 0.370 e. The summed E-state index contributed by atoms with van der Waals surface area (Å²) in [7, 11) is 0. The molecule has 102 valence electrons. The van der Waals surface area contributed by atoms with Crippen LogP contribution in [-0.2, 0) is 4.79 Å².